The molecule has 0 heterocycles. The molecule has 0 aromatic rings. The molecule has 0 atom stereocenters. The van der Waals surface area contributed by atoms with Crippen molar-refractivity contribution < 1.29 is 45.6 Å². The van der Waals surface area contributed by atoms with E-state index in [1.54, 1.807) is 0 Å². The van der Waals surface area contributed by atoms with Gasteiger partial charge in [0, 0.05) is 0 Å². The van der Waals surface area contributed by atoms with Gasteiger partial charge in [-0.15, -0.1) is 13.2 Å². The smallest absolute Gasteiger partial charge is 0.417 e. The molecule has 96 valence electrons. The molecule has 0 radical (unpaired) electrons. The molecule has 10 heteroatoms. The number of hydrogen-bond acceptors (Lipinski definition) is 4. The number of ether oxygens (including phenoxy) is 1. The van der Waals surface area contributed by atoms with E-state index in [4.69, 9.17) is 0 Å². The van der Waals surface area contributed by atoms with Gasteiger partial charge >= 0.3 is 18.7 Å². The van der Waals surface area contributed by atoms with Gasteiger partial charge in [0.05, 0.1) is 0 Å². The summed E-state index contributed by atoms with van der Waals surface area (Å²) in [5, 5.41) is 0. The first-order valence-corrected chi connectivity index (χ1v) is 3.57. The van der Waals surface area contributed by atoms with Crippen molar-refractivity contribution in [2.75, 3.05) is 0 Å². The maximum absolute atomic E-state index is 12.1. The van der Waals surface area contributed by atoms with Gasteiger partial charge < -0.3 is 4.74 Å². The van der Waals surface area contributed by atoms with Gasteiger partial charge in [0.2, 0.25) is 5.60 Å². The van der Waals surface area contributed by atoms with Crippen LogP contribution in [0.2, 0.25) is 0 Å². The van der Waals surface area contributed by atoms with Crippen molar-refractivity contribution in [3.8, 4) is 0 Å². The van der Waals surface area contributed by atoms with Crippen LogP contribution < -0.4 is 0 Å². The van der Waals surface area contributed by atoms with E-state index in [1.165, 1.54) is 0 Å². The first-order valence-electron chi connectivity index (χ1n) is 3.57. The van der Waals surface area contributed by atoms with Crippen LogP contribution in [0.3, 0.4) is 0 Å². The number of carbonyl (C=O) groups is 1. The summed E-state index contributed by atoms with van der Waals surface area (Å²) in [4.78, 5) is 15.8. The lowest BCUT2D eigenvalue weighted by atomic mass is 10.1. The molecular weight excluding hydrogens is 250 g/mol. The largest absolute Gasteiger partial charge is 0.558 e. The standard InChI is InChI=1S/C6H6F6O4/c1-4(2,5(7,8)9)14-3(13)15-16-6(10,11)12/h1-2H3. The van der Waals surface area contributed by atoms with E-state index in [2.05, 4.69) is 14.5 Å². The van der Waals surface area contributed by atoms with Crippen LogP contribution in [-0.2, 0) is 14.5 Å². The van der Waals surface area contributed by atoms with Gasteiger partial charge in [-0.05, 0) is 13.8 Å². The number of alkyl halides is 6. The zero-order chi connectivity index (χ0) is 13.2. The molecule has 0 aliphatic rings. The molecule has 0 fully saturated rings. The number of carbonyl (C=O) groups excluding carboxylic acids is 1. The van der Waals surface area contributed by atoms with E-state index < -0.39 is 24.3 Å². The van der Waals surface area contributed by atoms with Crippen molar-refractivity contribution in [3.05, 3.63) is 0 Å². The van der Waals surface area contributed by atoms with E-state index in [0.29, 0.717) is 13.8 Å². The third-order valence-electron chi connectivity index (χ3n) is 1.23. The van der Waals surface area contributed by atoms with Crippen molar-refractivity contribution in [2.45, 2.75) is 32.0 Å². The molecule has 0 amide bonds. The molecule has 0 aromatic heterocycles. The van der Waals surface area contributed by atoms with Crippen LogP contribution in [0.4, 0.5) is 31.1 Å². The van der Waals surface area contributed by atoms with Gasteiger partial charge in [-0.3, -0.25) is 4.89 Å². The SMILES string of the molecule is CC(C)(OC(=O)OOC(F)(F)F)C(F)(F)F. The van der Waals surface area contributed by atoms with Crippen LogP contribution in [0.25, 0.3) is 0 Å². The molecule has 0 bridgehead atoms. The second-order valence-electron chi connectivity index (χ2n) is 2.97. The first-order chi connectivity index (χ1) is 6.85. The Bertz CT molecular complexity index is 255. The molecule has 0 rings (SSSR count). The average Bonchev–Trinajstić information content (AvgIpc) is 1.96. The summed E-state index contributed by atoms with van der Waals surface area (Å²) < 4.78 is 73.7. The molecule has 0 spiro atoms. The Kier molecular flexibility index (Phi) is 4.03. The Morgan fingerprint density at radius 1 is 1.00 bits per heavy atom. The molecule has 16 heavy (non-hydrogen) atoms. The summed E-state index contributed by atoms with van der Waals surface area (Å²) in [5.74, 6) is 0. The quantitative estimate of drug-likeness (QED) is 0.330. The predicted octanol–water partition coefficient (Wildman–Crippen LogP) is 2.93. The van der Waals surface area contributed by atoms with Crippen LogP contribution in [0.15, 0.2) is 0 Å². The van der Waals surface area contributed by atoms with Crippen molar-refractivity contribution >= 4 is 6.16 Å². The zero-order valence-corrected chi connectivity index (χ0v) is 7.90. The Balaban J connectivity index is 4.26. The zero-order valence-electron chi connectivity index (χ0n) is 7.90. The van der Waals surface area contributed by atoms with Crippen LogP contribution in [0.1, 0.15) is 13.8 Å². The molecular formula is C6H6F6O4. The number of halogens is 6. The fraction of sp³-hybridized carbons (Fsp3) is 0.833. The number of rotatable bonds is 2. The lowest BCUT2D eigenvalue weighted by molar-refractivity contribution is -0.464. The molecule has 0 saturated carbocycles. The van der Waals surface area contributed by atoms with Crippen molar-refractivity contribution in [1.29, 1.82) is 0 Å². The van der Waals surface area contributed by atoms with Crippen LogP contribution in [0.5, 0.6) is 0 Å². The Morgan fingerprint density at radius 2 is 1.44 bits per heavy atom. The van der Waals surface area contributed by atoms with Gasteiger partial charge in [-0.2, -0.15) is 13.2 Å². The van der Waals surface area contributed by atoms with Gasteiger partial charge in [0.15, 0.2) is 0 Å². The van der Waals surface area contributed by atoms with E-state index >= 15 is 0 Å². The van der Waals surface area contributed by atoms with E-state index in [-0.39, 0.29) is 0 Å². The van der Waals surface area contributed by atoms with Gasteiger partial charge in [-0.25, -0.2) is 4.79 Å². The molecule has 0 N–H and O–H groups in total. The highest BCUT2D eigenvalue weighted by Gasteiger charge is 2.51. The molecule has 0 unspecified atom stereocenters. The molecule has 0 aliphatic carbocycles. The summed E-state index contributed by atoms with van der Waals surface area (Å²) in [7, 11) is 0. The van der Waals surface area contributed by atoms with Gasteiger partial charge in [0.1, 0.15) is 0 Å². The maximum atomic E-state index is 12.1. The van der Waals surface area contributed by atoms with E-state index in [9.17, 15) is 31.1 Å². The Hall–Kier alpha value is -1.19. The minimum Gasteiger partial charge on any atom is -0.417 e. The minimum atomic E-state index is -5.32. The van der Waals surface area contributed by atoms with Gasteiger partial charge in [0.25, 0.3) is 0 Å². The summed E-state index contributed by atoms with van der Waals surface area (Å²) in [6.45, 7) is 0.865. The maximum Gasteiger partial charge on any atom is 0.558 e. The summed E-state index contributed by atoms with van der Waals surface area (Å²) in [5.41, 5.74) is -2.99. The van der Waals surface area contributed by atoms with Crippen molar-refractivity contribution in [1.82, 2.24) is 0 Å². The lowest BCUT2D eigenvalue weighted by Crippen LogP contribution is -2.43. The van der Waals surface area contributed by atoms with Crippen molar-refractivity contribution in [2.24, 2.45) is 0 Å². The Labute approximate surface area is 85.0 Å². The summed E-state index contributed by atoms with van der Waals surface area (Å²) >= 11 is 0. The molecule has 0 saturated heterocycles. The highest BCUT2D eigenvalue weighted by molar-refractivity contribution is 5.59. The third kappa shape index (κ3) is 5.05. The van der Waals surface area contributed by atoms with E-state index in [0.717, 1.165) is 0 Å². The topological polar surface area (TPSA) is 44.8 Å². The fourth-order valence-corrected chi connectivity index (χ4v) is 0.364. The second kappa shape index (κ2) is 4.36. The Morgan fingerprint density at radius 3 is 1.75 bits per heavy atom. The summed E-state index contributed by atoms with van der Waals surface area (Å²) in [6, 6.07) is 0. The first kappa shape index (κ1) is 14.8. The normalized spacial score (nSPS) is 13.5. The predicted molar refractivity (Wildman–Crippen MR) is 34.8 cm³/mol. The minimum absolute atomic E-state index is 0.432. The highest BCUT2D eigenvalue weighted by atomic mass is 19.4. The molecule has 0 aromatic carbocycles. The van der Waals surface area contributed by atoms with E-state index in [1.807, 2.05) is 0 Å². The average molecular weight is 256 g/mol. The van der Waals surface area contributed by atoms with Crippen LogP contribution >= 0.6 is 0 Å². The van der Waals surface area contributed by atoms with Gasteiger partial charge in [-0.1, -0.05) is 4.89 Å². The van der Waals surface area contributed by atoms with Crippen molar-refractivity contribution in [3.63, 3.8) is 0 Å². The monoisotopic (exact) mass is 256 g/mol. The molecule has 4 nitrogen and oxygen atoms in total. The third-order valence-corrected chi connectivity index (χ3v) is 1.23. The summed E-state index contributed by atoms with van der Waals surface area (Å²) in [6.07, 6.45) is -12.5. The number of hydrogen-bond donors (Lipinski definition) is 0. The molecule has 0 aliphatic heterocycles. The van der Waals surface area contributed by atoms with Crippen LogP contribution in [-0.4, -0.2) is 24.3 Å². The second-order valence-corrected chi connectivity index (χ2v) is 2.97. The lowest BCUT2D eigenvalue weighted by Gasteiger charge is -2.26. The fourth-order valence-electron chi connectivity index (χ4n) is 0.364. The highest BCUT2D eigenvalue weighted by Crippen LogP contribution is 2.33. The van der Waals surface area contributed by atoms with Crippen LogP contribution in [0, 0.1) is 0 Å².